The fraction of sp³-hybridized carbons (Fsp3) is 0.923. The van der Waals surface area contributed by atoms with Gasteiger partial charge in [0, 0.05) is 38.1 Å². The summed E-state index contributed by atoms with van der Waals surface area (Å²) in [5.41, 5.74) is 5.31. The van der Waals surface area contributed by atoms with E-state index >= 15 is 0 Å². The number of hydrogen-bond donors (Lipinski definition) is 2. The average Bonchev–Trinajstić information content (AvgIpc) is 3.20. The minimum atomic E-state index is 0.108. The Labute approximate surface area is 109 Å². The number of amides is 1. The van der Waals surface area contributed by atoms with Gasteiger partial charge in [-0.2, -0.15) is 0 Å². The van der Waals surface area contributed by atoms with Gasteiger partial charge in [-0.1, -0.05) is 0 Å². The molecule has 0 aromatic carbocycles. The van der Waals surface area contributed by atoms with Crippen LogP contribution in [-0.4, -0.2) is 55.7 Å². The molecule has 104 valence electrons. The third-order valence-corrected chi connectivity index (χ3v) is 3.69. The quantitative estimate of drug-likeness (QED) is 0.633. The van der Waals surface area contributed by atoms with Crippen LogP contribution in [0.5, 0.6) is 0 Å². The molecule has 1 saturated heterocycles. The van der Waals surface area contributed by atoms with Gasteiger partial charge in [-0.3, -0.25) is 4.79 Å². The molecule has 2 rings (SSSR count). The monoisotopic (exact) mass is 255 g/mol. The van der Waals surface area contributed by atoms with E-state index in [0.717, 1.165) is 32.0 Å². The Morgan fingerprint density at radius 1 is 1.22 bits per heavy atom. The first kappa shape index (κ1) is 13.8. The number of rotatable bonds is 7. The van der Waals surface area contributed by atoms with Gasteiger partial charge in [0.05, 0.1) is 13.2 Å². The lowest BCUT2D eigenvalue weighted by molar-refractivity contribution is -0.123. The summed E-state index contributed by atoms with van der Waals surface area (Å²) in [7, 11) is 0. The molecule has 0 unspecified atom stereocenters. The van der Waals surface area contributed by atoms with Crippen molar-refractivity contribution in [2.75, 3.05) is 32.8 Å². The predicted molar refractivity (Wildman–Crippen MR) is 70.3 cm³/mol. The topological polar surface area (TPSA) is 67.6 Å². The normalized spacial score (nSPS) is 22.1. The molecule has 0 aromatic heterocycles. The molecule has 5 heteroatoms. The average molecular weight is 255 g/mol. The van der Waals surface area contributed by atoms with Gasteiger partial charge in [-0.15, -0.1) is 0 Å². The van der Waals surface area contributed by atoms with Crippen LogP contribution < -0.4 is 11.1 Å². The van der Waals surface area contributed by atoms with Gasteiger partial charge in [0.2, 0.25) is 5.91 Å². The van der Waals surface area contributed by atoms with Gasteiger partial charge >= 0.3 is 0 Å². The van der Waals surface area contributed by atoms with Crippen molar-refractivity contribution in [3.63, 3.8) is 0 Å². The van der Waals surface area contributed by atoms with E-state index in [0.29, 0.717) is 32.2 Å². The van der Waals surface area contributed by atoms with E-state index in [1.54, 1.807) is 0 Å². The van der Waals surface area contributed by atoms with Gasteiger partial charge in [0.15, 0.2) is 0 Å². The van der Waals surface area contributed by atoms with E-state index in [1.807, 2.05) is 0 Å². The van der Waals surface area contributed by atoms with Crippen LogP contribution in [0.4, 0.5) is 0 Å². The molecular formula is C13H25N3O2. The van der Waals surface area contributed by atoms with Crippen molar-refractivity contribution in [1.29, 1.82) is 0 Å². The van der Waals surface area contributed by atoms with Crippen molar-refractivity contribution in [3.05, 3.63) is 0 Å². The number of ether oxygens (including phenoxy) is 1. The lowest BCUT2D eigenvalue weighted by atomic mass is 10.0. The number of hydrogen-bond acceptors (Lipinski definition) is 4. The molecule has 18 heavy (non-hydrogen) atoms. The van der Waals surface area contributed by atoms with Crippen LogP contribution in [0.2, 0.25) is 0 Å². The van der Waals surface area contributed by atoms with Crippen molar-refractivity contribution in [2.24, 2.45) is 5.73 Å². The first-order valence-corrected chi connectivity index (χ1v) is 7.11. The number of carbonyl (C=O) groups is 1. The highest BCUT2D eigenvalue weighted by atomic mass is 16.5. The third kappa shape index (κ3) is 4.55. The minimum Gasteiger partial charge on any atom is -0.380 e. The van der Waals surface area contributed by atoms with Crippen LogP contribution in [0.3, 0.4) is 0 Å². The Morgan fingerprint density at radius 3 is 2.56 bits per heavy atom. The maximum Gasteiger partial charge on any atom is 0.222 e. The summed E-state index contributed by atoms with van der Waals surface area (Å²) in [5.74, 6) is 0.108. The van der Waals surface area contributed by atoms with Crippen molar-refractivity contribution < 1.29 is 9.53 Å². The molecule has 2 fully saturated rings. The first-order chi connectivity index (χ1) is 8.79. The van der Waals surface area contributed by atoms with E-state index in [-0.39, 0.29) is 5.91 Å². The maximum absolute atomic E-state index is 11.7. The molecule has 2 aliphatic rings. The molecule has 0 aromatic rings. The number of likely N-dealkylation sites (tertiary alicyclic amines) is 1. The highest BCUT2D eigenvalue weighted by molar-refractivity contribution is 5.76. The van der Waals surface area contributed by atoms with Crippen LogP contribution in [0.25, 0.3) is 0 Å². The lowest BCUT2D eigenvalue weighted by Crippen LogP contribution is -2.45. The lowest BCUT2D eigenvalue weighted by Gasteiger charge is -2.32. The van der Waals surface area contributed by atoms with Crippen molar-refractivity contribution in [1.82, 2.24) is 10.2 Å². The van der Waals surface area contributed by atoms with Gasteiger partial charge in [-0.25, -0.2) is 0 Å². The van der Waals surface area contributed by atoms with E-state index in [4.69, 9.17) is 10.5 Å². The van der Waals surface area contributed by atoms with E-state index in [9.17, 15) is 4.79 Å². The highest BCUT2D eigenvalue weighted by Gasteiger charge is 2.31. The second-order valence-electron chi connectivity index (χ2n) is 5.26. The standard InChI is InChI=1S/C13H25N3O2/c14-6-10-18-9-5-13(17)15-11-3-7-16(8-4-11)12-1-2-12/h11-12H,1-10,14H2,(H,15,17). The van der Waals surface area contributed by atoms with E-state index < -0.39 is 0 Å². The molecule has 3 N–H and O–H groups in total. The second kappa shape index (κ2) is 7.07. The molecular weight excluding hydrogens is 230 g/mol. The molecule has 1 aliphatic carbocycles. The minimum absolute atomic E-state index is 0.108. The molecule has 0 spiro atoms. The summed E-state index contributed by atoms with van der Waals surface area (Å²) in [6, 6.07) is 1.22. The fourth-order valence-electron chi connectivity index (χ4n) is 2.50. The van der Waals surface area contributed by atoms with E-state index in [1.165, 1.54) is 12.8 Å². The highest BCUT2D eigenvalue weighted by Crippen LogP contribution is 2.29. The van der Waals surface area contributed by atoms with Crippen molar-refractivity contribution >= 4 is 5.91 Å². The zero-order chi connectivity index (χ0) is 12.8. The second-order valence-corrected chi connectivity index (χ2v) is 5.26. The number of nitrogens with zero attached hydrogens (tertiary/aromatic N) is 1. The van der Waals surface area contributed by atoms with Crippen LogP contribution in [0.15, 0.2) is 0 Å². The molecule has 5 nitrogen and oxygen atoms in total. The zero-order valence-electron chi connectivity index (χ0n) is 11.1. The SMILES string of the molecule is NCCOCCC(=O)NC1CCN(C2CC2)CC1. The zero-order valence-corrected chi connectivity index (χ0v) is 11.1. The Balaban J connectivity index is 1.54. The molecule has 0 radical (unpaired) electrons. The maximum atomic E-state index is 11.7. The smallest absolute Gasteiger partial charge is 0.222 e. The molecule has 1 heterocycles. The fourth-order valence-corrected chi connectivity index (χ4v) is 2.50. The van der Waals surface area contributed by atoms with Crippen LogP contribution in [-0.2, 0) is 9.53 Å². The number of carbonyl (C=O) groups excluding carboxylic acids is 1. The summed E-state index contributed by atoms with van der Waals surface area (Å²) in [4.78, 5) is 14.2. The number of nitrogens with two attached hydrogens (primary N) is 1. The van der Waals surface area contributed by atoms with Crippen molar-refractivity contribution in [3.8, 4) is 0 Å². The molecule has 0 bridgehead atoms. The summed E-state index contributed by atoms with van der Waals surface area (Å²) in [6.07, 6.45) is 5.37. The molecule has 1 aliphatic heterocycles. The van der Waals surface area contributed by atoms with Gasteiger partial charge in [0.25, 0.3) is 0 Å². The first-order valence-electron chi connectivity index (χ1n) is 7.11. The Morgan fingerprint density at radius 2 is 1.94 bits per heavy atom. The summed E-state index contributed by atoms with van der Waals surface area (Å²) < 4.78 is 5.21. The Bertz CT molecular complexity index is 261. The number of piperidine rings is 1. The summed E-state index contributed by atoms with van der Waals surface area (Å²) in [6.45, 7) is 3.80. The predicted octanol–water partition coefficient (Wildman–Crippen LogP) is 0.0948. The summed E-state index contributed by atoms with van der Waals surface area (Å²) in [5, 5.41) is 3.10. The molecule has 0 atom stereocenters. The van der Waals surface area contributed by atoms with Crippen molar-refractivity contribution in [2.45, 2.75) is 44.2 Å². The Hall–Kier alpha value is -0.650. The molecule has 1 amide bonds. The van der Waals surface area contributed by atoms with E-state index in [2.05, 4.69) is 10.2 Å². The van der Waals surface area contributed by atoms with Gasteiger partial charge < -0.3 is 20.7 Å². The van der Waals surface area contributed by atoms with Crippen LogP contribution >= 0.6 is 0 Å². The van der Waals surface area contributed by atoms with Crippen LogP contribution in [0.1, 0.15) is 32.1 Å². The van der Waals surface area contributed by atoms with Gasteiger partial charge in [-0.05, 0) is 25.7 Å². The third-order valence-electron chi connectivity index (χ3n) is 3.69. The number of nitrogens with one attached hydrogen (secondary N) is 1. The summed E-state index contributed by atoms with van der Waals surface area (Å²) >= 11 is 0. The Kier molecular flexibility index (Phi) is 5.41. The molecule has 1 saturated carbocycles. The van der Waals surface area contributed by atoms with Gasteiger partial charge in [0.1, 0.15) is 0 Å². The largest absolute Gasteiger partial charge is 0.380 e. The van der Waals surface area contributed by atoms with Crippen LogP contribution in [0, 0.1) is 0 Å².